The number of carbonyl (C=O) groups is 2. The molecule has 1 aromatic carbocycles. The Morgan fingerprint density at radius 3 is 2.39 bits per heavy atom. The predicted molar refractivity (Wildman–Crippen MR) is 128 cm³/mol. The second-order valence-electron chi connectivity index (χ2n) is 10.3. The maximum absolute atomic E-state index is 12.9. The maximum Gasteiger partial charge on any atom is 0.416 e. The molecule has 0 spiro atoms. The van der Waals surface area contributed by atoms with Gasteiger partial charge in [0.25, 0.3) is 5.91 Å². The summed E-state index contributed by atoms with van der Waals surface area (Å²) in [6, 6.07) is 7.11. The third-order valence-electron chi connectivity index (χ3n) is 7.36. The molecule has 194 valence electrons. The molecule has 1 aliphatic carbocycles. The minimum absolute atomic E-state index is 0.00354. The second-order valence-corrected chi connectivity index (χ2v) is 10.3. The lowest BCUT2D eigenvalue weighted by atomic mass is 9.82. The molecule has 0 saturated heterocycles. The number of amides is 1. The Balaban J connectivity index is 1.40. The Kier molecular flexibility index (Phi) is 7.68. The number of carboxylic acids is 1. The predicted octanol–water partition coefficient (Wildman–Crippen LogP) is 5.43. The van der Waals surface area contributed by atoms with Gasteiger partial charge in [-0.05, 0) is 66.8 Å². The molecule has 1 atom stereocenters. The number of hydrogen-bond acceptors (Lipinski definition) is 4. The molecule has 1 aromatic heterocycles. The van der Waals surface area contributed by atoms with E-state index in [1.165, 1.54) is 12.1 Å². The lowest BCUT2D eigenvalue weighted by Gasteiger charge is -2.27. The Bertz CT molecular complexity index is 1090. The zero-order chi connectivity index (χ0) is 26.0. The number of alkyl halides is 3. The number of pyridine rings is 1. The number of aromatic nitrogens is 1. The summed E-state index contributed by atoms with van der Waals surface area (Å²) < 4.78 is 38.7. The molecule has 36 heavy (non-hydrogen) atoms. The third-order valence-corrected chi connectivity index (χ3v) is 7.36. The molecule has 1 saturated carbocycles. The topological polar surface area (TPSA) is 82.5 Å². The first kappa shape index (κ1) is 26.1. The summed E-state index contributed by atoms with van der Waals surface area (Å²) in [7, 11) is 0. The van der Waals surface area contributed by atoms with E-state index < -0.39 is 17.7 Å². The van der Waals surface area contributed by atoms with Crippen LogP contribution in [0.4, 0.5) is 13.2 Å². The van der Waals surface area contributed by atoms with Gasteiger partial charge in [0.2, 0.25) is 0 Å². The normalized spacial score (nSPS) is 22.4. The summed E-state index contributed by atoms with van der Waals surface area (Å²) >= 11 is 0. The molecule has 2 aromatic rings. The molecule has 4 rings (SSSR count). The first-order valence-electron chi connectivity index (χ1n) is 12.4. The number of aliphatic carboxylic acids is 1. The molecular weight excluding hydrogens is 471 g/mol. The summed E-state index contributed by atoms with van der Waals surface area (Å²) in [5.41, 5.74) is 2.46. The minimum atomic E-state index is -4.36. The van der Waals surface area contributed by atoms with Crippen molar-refractivity contribution in [3.8, 4) is 0 Å². The van der Waals surface area contributed by atoms with E-state index in [-0.39, 0.29) is 29.7 Å². The molecule has 1 aliphatic heterocycles. The van der Waals surface area contributed by atoms with Crippen molar-refractivity contribution in [3.05, 3.63) is 64.5 Å². The number of nitrogens with one attached hydrogen (secondary N) is 1. The van der Waals surface area contributed by atoms with Crippen molar-refractivity contribution in [1.29, 1.82) is 0 Å². The van der Waals surface area contributed by atoms with Crippen LogP contribution in [-0.2, 0) is 24.1 Å². The third kappa shape index (κ3) is 5.88. The van der Waals surface area contributed by atoms with Crippen molar-refractivity contribution < 1.29 is 27.9 Å². The SMILES string of the molecule is CC(C)[C@H]1c2ncc(C(=O)NCC3CCC(C(=O)O)CC3)cc2CN1Cc1ccc(C(F)(F)F)cc1. The van der Waals surface area contributed by atoms with E-state index in [9.17, 15) is 22.8 Å². The van der Waals surface area contributed by atoms with Crippen LogP contribution in [0.15, 0.2) is 36.5 Å². The van der Waals surface area contributed by atoms with Gasteiger partial charge in [0.15, 0.2) is 0 Å². The smallest absolute Gasteiger partial charge is 0.416 e. The number of carboxylic acid groups (broad SMARTS) is 1. The largest absolute Gasteiger partial charge is 0.481 e. The molecule has 9 heteroatoms. The zero-order valence-corrected chi connectivity index (χ0v) is 20.5. The van der Waals surface area contributed by atoms with Crippen LogP contribution in [0.2, 0.25) is 0 Å². The summed E-state index contributed by atoms with van der Waals surface area (Å²) in [4.78, 5) is 30.8. The lowest BCUT2D eigenvalue weighted by Crippen LogP contribution is -2.32. The summed E-state index contributed by atoms with van der Waals surface area (Å²) in [5, 5.41) is 12.1. The Hall–Kier alpha value is -2.94. The van der Waals surface area contributed by atoms with E-state index in [1.807, 2.05) is 6.07 Å². The molecule has 0 bridgehead atoms. The zero-order valence-electron chi connectivity index (χ0n) is 20.5. The van der Waals surface area contributed by atoms with Crippen LogP contribution in [-0.4, -0.2) is 33.4 Å². The van der Waals surface area contributed by atoms with E-state index in [1.54, 1.807) is 6.20 Å². The number of fused-ring (bicyclic) bond motifs is 1. The first-order valence-corrected chi connectivity index (χ1v) is 12.4. The van der Waals surface area contributed by atoms with Gasteiger partial charge < -0.3 is 10.4 Å². The van der Waals surface area contributed by atoms with E-state index in [4.69, 9.17) is 5.11 Å². The molecule has 6 nitrogen and oxygen atoms in total. The lowest BCUT2D eigenvalue weighted by molar-refractivity contribution is -0.143. The van der Waals surface area contributed by atoms with Crippen LogP contribution >= 0.6 is 0 Å². The summed E-state index contributed by atoms with van der Waals surface area (Å²) in [6.07, 6.45) is 0.0841. The minimum Gasteiger partial charge on any atom is -0.481 e. The van der Waals surface area contributed by atoms with Crippen LogP contribution in [0, 0.1) is 17.8 Å². The van der Waals surface area contributed by atoms with Crippen LogP contribution in [0.25, 0.3) is 0 Å². The fourth-order valence-corrected chi connectivity index (χ4v) is 5.41. The van der Waals surface area contributed by atoms with Crippen LogP contribution in [0.3, 0.4) is 0 Å². The second kappa shape index (κ2) is 10.6. The van der Waals surface area contributed by atoms with Gasteiger partial charge >= 0.3 is 12.1 Å². The summed E-state index contributed by atoms with van der Waals surface area (Å²) in [6.45, 7) is 5.73. The van der Waals surface area contributed by atoms with Crippen molar-refractivity contribution in [2.75, 3.05) is 6.54 Å². The number of carbonyl (C=O) groups excluding carboxylic acids is 1. The van der Waals surface area contributed by atoms with Gasteiger partial charge in [-0.3, -0.25) is 19.5 Å². The highest BCUT2D eigenvalue weighted by Crippen LogP contribution is 2.39. The first-order chi connectivity index (χ1) is 17.0. The quantitative estimate of drug-likeness (QED) is 0.526. The molecule has 0 unspecified atom stereocenters. The van der Waals surface area contributed by atoms with Gasteiger partial charge in [-0.1, -0.05) is 26.0 Å². The van der Waals surface area contributed by atoms with Crippen molar-refractivity contribution in [2.24, 2.45) is 17.8 Å². The fourth-order valence-electron chi connectivity index (χ4n) is 5.41. The van der Waals surface area contributed by atoms with Crippen LogP contribution in [0.5, 0.6) is 0 Å². The van der Waals surface area contributed by atoms with E-state index >= 15 is 0 Å². The van der Waals surface area contributed by atoms with Crippen molar-refractivity contribution in [1.82, 2.24) is 15.2 Å². The van der Waals surface area contributed by atoms with Crippen molar-refractivity contribution >= 4 is 11.9 Å². The molecule has 1 fully saturated rings. The van der Waals surface area contributed by atoms with Gasteiger partial charge in [-0.2, -0.15) is 13.2 Å². The van der Waals surface area contributed by atoms with E-state index in [0.29, 0.717) is 38.0 Å². The standard InChI is InChI=1S/C27H32F3N3O3/c1-16(2)24-23-21(15-33(24)14-18-5-9-22(10-6-18)27(28,29)30)11-20(13-31-23)25(34)32-12-17-3-7-19(8-4-17)26(35)36/h5-6,9-11,13,16-17,19,24H,3-4,7-8,12,14-15H2,1-2H3,(H,32,34)(H,35,36)/t17?,19?,24-/m0/s1. The molecule has 2 aliphatic rings. The van der Waals surface area contributed by atoms with Crippen LogP contribution in [0.1, 0.15) is 78.3 Å². The van der Waals surface area contributed by atoms with E-state index in [0.717, 1.165) is 41.8 Å². The number of halogens is 3. The monoisotopic (exact) mass is 503 g/mol. The average molecular weight is 504 g/mol. The molecule has 2 N–H and O–H groups in total. The van der Waals surface area contributed by atoms with Gasteiger partial charge in [0.1, 0.15) is 0 Å². The maximum atomic E-state index is 12.9. The number of rotatable bonds is 7. The molecule has 1 amide bonds. The van der Waals surface area contributed by atoms with Crippen LogP contribution < -0.4 is 5.32 Å². The van der Waals surface area contributed by atoms with Gasteiger partial charge in [-0.25, -0.2) is 0 Å². The summed E-state index contributed by atoms with van der Waals surface area (Å²) in [5.74, 6) is -0.718. The Labute approximate surface area is 208 Å². The number of nitrogens with zero attached hydrogens (tertiary/aromatic N) is 2. The van der Waals surface area contributed by atoms with Crippen molar-refractivity contribution in [2.45, 2.75) is 64.8 Å². The highest BCUT2D eigenvalue weighted by Gasteiger charge is 2.35. The van der Waals surface area contributed by atoms with Crippen molar-refractivity contribution in [3.63, 3.8) is 0 Å². The van der Waals surface area contributed by atoms with Gasteiger partial charge in [0.05, 0.1) is 28.8 Å². The highest BCUT2D eigenvalue weighted by molar-refractivity contribution is 5.94. The molecule has 2 heterocycles. The Morgan fingerprint density at radius 2 is 1.81 bits per heavy atom. The molecular formula is C27H32F3N3O3. The number of hydrogen-bond donors (Lipinski definition) is 2. The molecule has 0 radical (unpaired) electrons. The fraction of sp³-hybridized carbons (Fsp3) is 0.519. The van der Waals surface area contributed by atoms with Gasteiger partial charge in [-0.15, -0.1) is 0 Å². The highest BCUT2D eigenvalue weighted by atomic mass is 19.4. The van der Waals surface area contributed by atoms with Gasteiger partial charge in [0, 0.05) is 25.8 Å². The Morgan fingerprint density at radius 1 is 1.14 bits per heavy atom. The van der Waals surface area contributed by atoms with E-state index in [2.05, 4.69) is 29.0 Å². The average Bonchev–Trinajstić information content (AvgIpc) is 3.19. The number of benzene rings is 1.